The second kappa shape index (κ2) is 7.73. The number of amides is 1. The molecule has 1 amide bonds. The number of carbonyl (C=O) groups is 3. The fourth-order valence-electron chi connectivity index (χ4n) is 1.43. The lowest BCUT2D eigenvalue weighted by atomic mass is 10.0. The molecule has 2 N–H and O–H groups in total. The molecule has 0 aromatic carbocycles. The molecular formula is C11H18BNO5. The molecule has 100 valence electrons. The van der Waals surface area contributed by atoms with Crippen molar-refractivity contribution in [3.8, 4) is 0 Å². The van der Waals surface area contributed by atoms with Gasteiger partial charge in [-0.2, -0.15) is 0 Å². The van der Waals surface area contributed by atoms with E-state index in [-0.39, 0.29) is 6.42 Å². The van der Waals surface area contributed by atoms with Gasteiger partial charge in [0.15, 0.2) is 5.81 Å². The van der Waals surface area contributed by atoms with Gasteiger partial charge in [0.25, 0.3) is 0 Å². The maximum absolute atomic E-state index is 11.6. The third kappa shape index (κ3) is 6.27. The second-order valence-corrected chi connectivity index (χ2v) is 4.19. The van der Waals surface area contributed by atoms with Crippen LogP contribution in [0.1, 0.15) is 33.6 Å². The molecule has 0 bridgehead atoms. The predicted molar refractivity (Wildman–Crippen MR) is 65.3 cm³/mol. The van der Waals surface area contributed by atoms with E-state index in [1.165, 1.54) is 6.92 Å². The number of carbonyl (C=O) groups excluding carboxylic acids is 2. The number of aliphatic carboxylic acids is 1. The molecule has 0 aromatic heterocycles. The van der Waals surface area contributed by atoms with Crippen molar-refractivity contribution in [2.24, 2.45) is 5.92 Å². The van der Waals surface area contributed by atoms with Gasteiger partial charge in [-0.15, -0.1) is 0 Å². The minimum absolute atomic E-state index is 0.216. The zero-order valence-corrected chi connectivity index (χ0v) is 10.8. The molecule has 0 aromatic rings. The molecule has 3 unspecified atom stereocenters. The summed E-state index contributed by atoms with van der Waals surface area (Å²) in [5, 5.41) is 11.0. The number of rotatable bonds is 7. The largest absolute Gasteiger partial charge is 0.481 e. The van der Waals surface area contributed by atoms with E-state index in [0.717, 1.165) is 0 Å². The molecule has 0 aliphatic heterocycles. The molecule has 0 heterocycles. The quantitative estimate of drug-likeness (QED) is 0.515. The van der Waals surface area contributed by atoms with Gasteiger partial charge in [0, 0.05) is 0 Å². The molecule has 0 aliphatic carbocycles. The van der Waals surface area contributed by atoms with E-state index in [1.54, 1.807) is 13.8 Å². The highest BCUT2D eigenvalue weighted by atomic mass is 16.5. The summed E-state index contributed by atoms with van der Waals surface area (Å²) >= 11 is 0. The first-order chi connectivity index (χ1) is 8.27. The summed E-state index contributed by atoms with van der Waals surface area (Å²) in [6.45, 7) is 4.84. The lowest BCUT2D eigenvalue weighted by Crippen LogP contribution is -2.42. The Bertz CT molecular complexity index is 321. The van der Waals surface area contributed by atoms with Crippen LogP contribution in [0, 0.1) is 5.92 Å². The maximum atomic E-state index is 11.6. The van der Waals surface area contributed by atoms with Crippen LogP contribution in [-0.4, -0.2) is 42.8 Å². The monoisotopic (exact) mass is 255 g/mol. The van der Waals surface area contributed by atoms with Gasteiger partial charge in [0.1, 0.15) is 6.04 Å². The van der Waals surface area contributed by atoms with Crippen molar-refractivity contribution < 1.29 is 24.2 Å². The Morgan fingerprint density at radius 3 is 2.28 bits per heavy atom. The average molecular weight is 255 g/mol. The van der Waals surface area contributed by atoms with Gasteiger partial charge in [0.2, 0.25) is 7.85 Å². The Labute approximate surface area is 107 Å². The van der Waals surface area contributed by atoms with Crippen LogP contribution in [-0.2, 0) is 14.3 Å². The van der Waals surface area contributed by atoms with Gasteiger partial charge in [0.05, 0.1) is 12.0 Å². The van der Waals surface area contributed by atoms with Crippen LogP contribution in [0.3, 0.4) is 0 Å². The number of ether oxygens (including phenoxy) is 1. The predicted octanol–water partition coefficient (Wildman–Crippen LogP) is 0.686. The molecule has 6 nitrogen and oxygen atoms in total. The standard InChI is InChI=1S/C11H18BNO5/c1-4-8(13-11(12)17)10(16)18-7(3)5-6(2)9(14)15/h6-8H,4-5H2,1-3H3,(H,13,17)(H,14,15). The van der Waals surface area contributed by atoms with Crippen molar-refractivity contribution in [2.45, 2.75) is 45.8 Å². The molecule has 0 aliphatic rings. The van der Waals surface area contributed by atoms with E-state index in [1.807, 2.05) is 0 Å². The first kappa shape index (κ1) is 16.5. The van der Waals surface area contributed by atoms with Gasteiger partial charge in [-0.25, -0.2) is 4.79 Å². The molecule has 0 spiro atoms. The highest BCUT2D eigenvalue weighted by Gasteiger charge is 2.23. The van der Waals surface area contributed by atoms with E-state index < -0.39 is 35.8 Å². The summed E-state index contributed by atoms with van der Waals surface area (Å²) in [6, 6.07) is -0.801. The minimum Gasteiger partial charge on any atom is -0.481 e. The number of carboxylic acids is 1. The number of nitrogens with one attached hydrogen (secondary N) is 1. The van der Waals surface area contributed by atoms with Gasteiger partial charge < -0.3 is 15.2 Å². The normalized spacial score (nSPS) is 15.3. The van der Waals surface area contributed by atoms with Gasteiger partial charge in [-0.3, -0.25) is 9.59 Å². The molecule has 3 atom stereocenters. The summed E-state index contributed by atoms with van der Waals surface area (Å²) in [7, 11) is 4.92. The van der Waals surface area contributed by atoms with Crippen molar-refractivity contribution >= 4 is 25.6 Å². The zero-order valence-electron chi connectivity index (χ0n) is 10.8. The van der Waals surface area contributed by atoms with Crippen LogP contribution in [0.15, 0.2) is 0 Å². The summed E-state index contributed by atoms with van der Waals surface area (Å²) in [4.78, 5) is 32.9. The third-order valence-electron chi connectivity index (χ3n) is 2.43. The smallest absolute Gasteiger partial charge is 0.328 e. The summed E-state index contributed by atoms with van der Waals surface area (Å²) in [5.41, 5.74) is 0. The first-order valence-electron chi connectivity index (χ1n) is 5.77. The molecule has 0 saturated heterocycles. The topological polar surface area (TPSA) is 92.7 Å². The van der Waals surface area contributed by atoms with E-state index in [0.29, 0.717) is 6.42 Å². The van der Waals surface area contributed by atoms with Crippen LogP contribution in [0.2, 0.25) is 0 Å². The second-order valence-electron chi connectivity index (χ2n) is 4.19. The Morgan fingerprint density at radius 1 is 1.33 bits per heavy atom. The number of esters is 1. The first-order valence-corrected chi connectivity index (χ1v) is 5.77. The molecule has 7 heteroatoms. The summed E-state index contributed by atoms with van der Waals surface area (Å²) in [6.07, 6.45) is 0.0316. The van der Waals surface area contributed by atoms with Gasteiger partial charge in [-0.1, -0.05) is 13.8 Å². The van der Waals surface area contributed by atoms with Crippen molar-refractivity contribution in [1.82, 2.24) is 5.32 Å². The maximum Gasteiger partial charge on any atom is 0.328 e. The Kier molecular flexibility index (Phi) is 7.08. The minimum atomic E-state index is -0.944. The zero-order chi connectivity index (χ0) is 14.3. The van der Waals surface area contributed by atoms with Crippen LogP contribution in [0.4, 0.5) is 4.79 Å². The molecule has 2 radical (unpaired) electrons. The van der Waals surface area contributed by atoms with Crippen LogP contribution < -0.4 is 5.32 Å². The van der Waals surface area contributed by atoms with E-state index in [4.69, 9.17) is 17.7 Å². The molecular weight excluding hydrogens is 237 g/mol. The Hall–Kier alpha value is -1.53. The summed E-state index contributed by atoms with van der Waals surface area (Å²) in [5.74, 6) is -2.95. The number of carboxylic acid groups (broad SMARTS) is 1. The lowest BCUT2D eigenvalue weighted by molar-refractivity contribution is -0.153. The third-order valence-corrected chi connectivity index (χ3v) is 2.43. The van der Waals surface area contributed by atoms with E-state index >= 15 is 0 Å². The highest BCUT2D eigenvalue weighted by molar-refractivity contribution is 6.57. The number of hydrogen-bond acceptors (Lipinski definition) is 4. The molecule has 0 fully saturated rings. The number of hydrogen-bond donors (Lipinski definition) is 2. The van der Waals surface area contributed by atoms with Gasteiger partial charge in [-0.05, 0) is 19.8 Å². The SMILES string of the molecule is [B]C(=O)NC(CC)C(=O)OC(C)CC(C)C(=O)O. The fraction of sp³-hybridized carbons (Fsp3) is 0.727. The molecule has 0 rings (SSSR count). The Balaban J connectivity index is 4.27. The Morgan fingerprint density at radius 2 is 1.89 bits per heavy atom. The van der Waals surface area contributed by atoms with Crippen molar-refractivity contribution in [2.75, 3.05) is 0 Å². The van der Waals surface area contributed by atoms with Crippen molar-refractivity contribution in [3.05, 3.63) is 0 Å². The van der Waals surface area contributed by atoms with Gasteiger partial charge >= 0.3 is 11.9 Å². The molecule has 18 heavy (non-hydrogen) atoms. The van der Waals surface area contributed by atoms with Crippen LogP contribution >= 0.6 is 0 Å². The highest BCUT2D eigenvalue weighted by Crippen LogP contribution is 2.10. The van der Waals surface area contributed by atoms with Crippen LogP contribution in [0.5, 0.6) is 0 Å². The van der Waals surface area contributed by atoms with Crippen molar-refractivity contribution in [1.29, 1.82) is 0 Å². The van der Waals surface area contributed by atoms with E-state index in [2.05, 4.69) is 5.32 Å². The molecule has 0 saturated carbocycles. The summed E-state index contributed by atoms with van der Waals surface area (Å²) < 4.78 is 5.05. The van der Waals surface area contributed by atoms with Crippen LogP contribution in [0.25, 0.3) is 0 Å². The lowest BCUT2D eigenvalue weighted by Gasteiger charge is -2.20. The fourth-order valence-corrected chi connectivity index (χ4v) is 1.43. The van der Waals surface area contributed by atoms with E-state index in [9.17, 15) is 14.4 Å². The average Bonchev–Trinajstić information content (AvgIpc) is 2.24. The van der Waals surface area contributed by atoms with Crippen molar-refractivity contribution in [3.63, 3.8) is 0 Å².